The molecule has 0 aliphatic heterocycles. The molecule has 1 N–H and O–H groups in total. The summed E-state index contributed by atoms with van der Waals surface area (Å²) in [6.45, 7) is 2.98. The van der Waals surface area contributed by atoms with E-state index in [2.05, 4.69) is 11.8 Å². The predicted octanol–water partition coefficient (Wildman–Crippen LogP) is 2.33. The maximum Gasteiger partial charge on any atom is 0.0558 e. The monoisotopic (exact) mass is 213 g/mol. The molecule has 0 aliphatic rings. The summed E-state index contributed by atoms with van der Waals surface area (Å²) in [5.41, 5.74) is 1.21. The third-order valence-electron chi connectivity index (χ3n) is 2.47. The Morgan fingerprint density at radius 2 is 1.93 bits per heavy atom. The van der Waals surface area contributed by atoms with Crippen molar-refractivity contribution in [2.75, 3.05) is 20.2 Å². The smallest absolute Gasteiger partial charge is 0.0558 e. The minimum Gasteiger partial charge on any atom is -0.395 e. The molecule has 1 aromatic rings. The van der Waals surface area contributed by atoms with Crippen molar-refractivity contribution in [3.05, 3.63) is 34.9 Å². The van der Waals surface area contributed by atoms with Crippen LogP contribution in [0.1, 0.15) is 18.5 Å². The number of aliphatic hydroxyl groups excluding tert-OH is 1. The summed E-state index contributed by atoms with van der Waals surface area (Å²) < 4.78 is 0. The molecule has 0 spiro atoms. The van der Waals surface area contributed by atoms with Gasteiger partial charge in [0, 0.05) is 17.6 Å². The van der Waals surface area contributed by atoms with Gasteiger partial charge in [0.2, 0.25) is 0 Å². The van der Waals surface area contributed by atoms with Gasteiger partial charge in [0.15, 0.2) is 0 Å². The predicted molar refractivity (Wildman–Crippen MR) is 59.6 cm³/mol. The molecular weight excluding hydrogens is 198 g/mol. The molecule has 0 amide bonds. The fourth-order valence-corrected chi connectivity index (χ4v) is 1.47. The Hall–Kier alpha value is -0.570. The number of hydrogen-bond donors (Lipinski definition) is 1. The second-order valence-corrected chi connectivity index (χ2v) is 3.87. The van der Waals surface area contributed by atoms with Gasteiger partial charge in [-0.2, -0.15) is 0 Å². The lowest BCUT2D eigenvalue weighted by Crippen LogP contribution is -2.25. The van der Waals surface area contributed by atoms with Gasteiger partial charge in [-0.1, -0.05) is 23.7 Å². The van der Waals surface area contributed by atoms with Crippen LogP contribution in [0.3, 0.4) is 0 Å². The van der Waals surface area contributed by atoms with Gasteiger partial charge in [-0.3, -0.25) is 4.90 Å². The van der Waals surface area contributed by atoms with Gasteiger partial charge in [-0.25, -0.2) is 0 Å². The van der Waals surface area contributed by atoms with Gasteiger partial charge < -0.3 is 5.11 Å². The summed E-state index contributed by atoms with van der Waals surface area (Å²) >= 11 is 5.80. The highest BCUT2D eigenvalue weighted by Crippen LogP contribution is 2.20. The second-order valence-electron chi connectivity index (χ2n) is 3.43. The second kappa shape index (κ2) is 5.35. The molecule has 0 aromatic heterocycles. The first-order chi connectivity index (χ1) is 6.65. The third kappa shape index (κ3) is 2.98. The van der Waals surface area contributed by atoms with Crippen molar-refractivity contribution < 1.29 is 5.11 Å². The van der Waals surface area contributed by atoms with Gasteiger partial charge in [-0.15, -0.1) is 0 Å². The highest BCUT2D eigenvalue weighted by Gasteiger charge is 2.10. The van der Waals surface area contributed by atoms with E-state index in [9.17, 15) is 0 Å². The first-order valence-corrected chi connectivity index (χ1v) is 5.09. The Bertz CT molecular complexity index is 273. The van der Waals surface area contributed by atoms with E-state index in [0.29, 0.717) is 12.6 Å². The highest BCUT2D eigenvalue weighted by molar-refractivity contribution is 6.30. The maximum atomic E-state index is 8.81. The zero-order valence-corrected chi connectivity index (χ0v) is 9.33. The van der Waals surface area contributed by atoms with Crippen LogP contribution < -0.4 is 0 Å². The fourth-order valence-electron chi connectivity index (χ4n) is 1.35. The summed E-state index contributed by atoms with van der Waals surface area (Å²) in [5.74, 6) is 0. The molecule has 0 saturated heterocycles. The van der Waals surface area contributed by atoms with Crippen molar-refractivity contribution in [2.45, 2.75) is 13.0 Å². The SMILES string of the molecule is CC(c1ccc(Cl)cc1)N(C)CCO. The third-order valence-corrected chi connectivity index (χ3v) is 2.72. The van der Waals surface area contributed by atoms with E-state index in [1.54, 1.807) is 0 Å². The van der Waals surface area contributed by atoms with E-state index in [1.807, 2.05) is 31.3 Å². The van der Waals surface area contributed by atoms with Crippen molar-refractivity contribution >= 4 is 11.6 Å². The molecule has 14 heavy (non-hydrogen) atoms. The fraction of sp³-hybridized carbons (Fsp3) is 0.455. The van der Waals surface area contributed by atoms with Gasteiger partial charge in [0.1, 0.15) is 0 Å². The average Bonchev–Trinajstić information content (AvgIpc) is 2.18. The van der Waals surface area contributed by atoms with E-state index < -0.39 is 0 Å². The van der Waals surface area contributed by atoms with Crippen LogP contribution in [0.2, 0.25) is 5.02 Å². The molecular formula is C11H16ClNO. The largest absolute Gasteiger partial charge is 0.395 e. The lowest BCUT2D eigenvalue weighted by Gasteiger charge is -2.24. The molecule has 1 aromatic carbocycles. The topological polar surface area (TPSA) is 23.5 Å². The van der Waals surface area contributed by atoms with Crippen LogP contribution in [0.5, 0.6) is 0 Å². The quantitative estimate of drug-likeness (QED) is 0.830. The van der Waals surface area contributed by atoms with Crippen LogP contribution in [0.25, 0.3) is 0 Å². The molecule has 0 aliphatic carbocycles. The van der Waals surface area contributed by atoms with E-state index in [1.165, 1.54) is 5.56 Å². The normalized spacial score (nSPS) is 13.2. The maximum absolute atomic E-state index is 8.81. The van der Waals surface area contributed by atoms with Crippen LogP contribution in [0.15, 0.2) is 24.3 Å². The molecule has 1 unspecified atom stereocenters. The van der Waals surface area contributed by atoms with Crippen LogP contribution >= 0.6 is 11.6 Å². The van der Waals surface area contributed by atoms with Crippen molar-refractivity contribution in [1.82, 2.24) is 4.90 Å². The van der Waals surface area contributed by atoms with Gasteiger partial charge in [0.05, 0.1) is 6.61 Å². The zero-order chi connectivity index (χ0) is 10.6. The van der Waals surface area contributed by atoms with Crippen LogP contribution in [0, 0.1) is 0 Å². The number of benzene rings is 1. The summed E-state index contributed by atoms with van der Waals surface area (Å²) in [7, 11) is 2.00. The zero-order valence-electron chi connectivity index (χ0n) is 8.57. The Balaban J connectivity index is 2.68. The van der Waals surface area contributed by atoms with Crippen molar-refractivity contribution in [1.29, 1.82) is 0 Å². The van der Waals surface area contributed by atoms with Crippen molar-refractivity contribution in [3.63, 3.8) is 0 Å². The van der Waals surface area contributed by atoms with E-state index in [4.69, 9.17) is 16.7 Å². The molecule has 0 radical (unpaired) electrons. The summed E-state index contributed by atoms with van der Waals surface area (Å²) in [6, 6.07) is 8.11. The molecule has 3 heteroatoms. The molecule has 1 rings (SSSR count). The lowest BCUT2D eigenvalue weighted by molar-refractivity contribution is 0.189. The summed E-state index contributed by atoms with van der Waals surface area (Å²) in [6.07, 6.45) is 0. The Morgan fingerprint density at radius 3 is 2.43 bits per heavy atom. The van der Waals surface area contributed by atoms with Crippen molar-refractivity contribution in [3.8, 4) is 0 Å². The molecule has 0 fully saturated rings. The van der Waals surface area contributed by atoms with Gasteiger partial charge >= 0.3 is 0 Å². The summed E-state index contributed by atoms with van der Waals surface area (Å²) in [5, 5.41) is 9.57. The first kappa shape index (κ1) is 11.5. The van der Waals surface area contributed by atoms with Gasteiger partial charge in [0.25, 0.3) is 0 Å². The van der Waals surface area contributed by atoms with Crippen LogP contribution in [0.4, 0.5) is 0 Å². The molecule has 2 nitrogen and oxygen atoms in total. The van der Waals surface area contributed by atoms with E-state index in [-0.39, 0.29) is 6.61 Å². The number of nitrogens with zero attached hydrogens (tertiary/aromatic N) is 1. The highest BCUT2D eigenvalue weighted by atomic mass is 35.5. The molecule has 78 valence electrons. The average molecular weight is 214 g/mol. The first-order valence-electron chi connectivity index (χ1n) is 4.71. The molecule has 0 heterocycles. The standard InChI is InChI=1S/C11H16ClNO/c1-9(13(2)7-8-14)10-3-5-11(12)6-4-10/h3-6,9,14H,7-8H2,1-2H3. The number of rotatable bonds is 4. The molecule has 1 atom stereocenters. The molecule has 0 bridgehead atoms. The Labute approximate surface area is 90.1 Å². The number of aliphatic hydroxyl groups is 1. The van der Waals surface area contributed by atoms with E-state index >= 15 is 0 Å². The van der Waals surface area contributed by atoms with Crippen LogP contribution in [-0.4, -0.2) is 30.2 Å². The minimum atomic E-state index is 0.189. The van der Waals surface area contributed by atoms with Gasteiger partial charge in [-0.05, 0) is 31.7 Å². The Morgan fingerprint density at radius 1 is 1.36 bits per heavy atom. The number of likely N-dealkylation sites (N-methyl/N-ethyl adjacent to an activating group) is 1. The Kier molecular flexibility index (Phi) is 4.39. The minimum absolute atomic E-state index is 0.189. The van der Waals surface area contributed by atoms with Crippen molar-refractivity contribution in [2.24, 2.45) is 0 Å². The number of hydrogen-bond acceptors (Lipinski definition) is 2. The lowest BCUT2D eigenvalue weighted by atomic mass is 10.1. The van der Waals surface area contributed by atoms with Crippen LogP contribution in [-0.2, 0) is 0 Å². The molecule has 0 saturated carbocycles. The summed E-state index contributed by atoms with van der Waals surface area (Å²) in [4.78, 5) is 2.10. The van der Waals surface area contributed by atoms with E-state index in [0.717, 1.165) is 5.02 Å². The number of halogens is 1.